The van der Waals surface area contributed by atoms with E-state index in [2.05, 4.69) is 15.3 Å². The summed E-state index contributed by atoms with van der Waals surface area (Å²) in [6.07, 6.45) is 5.21. The Bertz CT molecular complexity index is 272. The lowest BCUT2D eigenvalue weighted by molar-refractivity contribution is -0.138. The molecule has 1 unspecified atom stereocenters. The highest BCUT2D eigenvalue weighted by atomic mass is 16.4. The van der Waals surface area contributed by atoms with E-state index in [1.165, 1.54) is 0 Å². The number of H-pyrrole nitrogens is 1. The standard InChI is InChI=1S/C9H15N3O2/c1-7(9(13)14)10-4-2-3-8-11-5-6-12-8/h5-7,10H,2-4H2,1H3,(H,11,12)(H,13,14). The molecule has 5 nitrogen and oxygen atoms in total. The minimum atomic E-state index is -0.817. The molecule has 0 saturated carbocycles. The molecule has 5 heteroatoms. The summed E-state index contributed by atoms with van der Waals surface area (Å²) in [5.74, 6) is 0.123. The molecule has 0 aliphatic carbocycles. The van der Waals surface area contributed by atoms with Crippen molar-refractivity contribution in [3.05, 3.63) is 18.2 Å². The molecule has 0 radical (unpaired) electrons. The van der Waals surface area contributed by atoms with Gasteiger partial charge in [-0.1, -0.05) is 0 Å². The third-order valence-corrected chi connectivity index (χ3v) is 1.97. The number of imidazole rings is 1. The van der Waals surface area contributed by atoms with Crippen molar-refractivity contribution < 1.29 is 9.90 Å². The van der Waals surface area contributed by atoms with Gasteiger partial charge in [-0.15, -0.1) is 0 Å². The first-order valence-corrected chi connectivity index (χ1v) is 4.64. The highest BCUT2D eigenvalue weighted by Gasteiger charge is 2.08. The Hall–Kier alpha value is -1.36. The second-order valence-electron chi connectivity index (χ2n) is 3.15. The van der Waals surface area contributed by atoms with Gasteiger partial charge in [0.1, 0.15) is 11.9 Å². The molecule has 1 heterocycles. The topological polar surface area (TPSA) is 78.0 Å². The van der Waals surface area contributed by atoms with Crippen LogP contribution in [0.15, 0.2) is 12.4 Å². The summed E-state index contributed by atoms with van der Waals surface area (Å²) in [5, 5.41) is 11.5. The number of rotatable bonds is 6. The first-order valence-electron chi connectivity index (χ1n) is 4.64. The Morgan fingerprint density at radius 2 is 2.57 bits per heavy atom. The van der Waals surface area contributed by atoms with Gasteiger partial charge in [0.15, 0.2) is 0 Å². The average Bonchev–Trinajstić information content (AvgIpc) is 2.64. The third-order valence-electron chi connectivity index (χ3n) is 1.97. The van der Waals surface area contributed by atoms with E-state index < -0.39 is 12.0 Å². The Morgan fingerprint density at radius 1 is 1.79 bits per heavy atom. The predicted molar refractivity (Wildman–Crippen MR) is 52.0 cm³/mol. The van der Waals surface area contributed by atoms with E-state index in [4.69, 9.17) is 5.11 Å². The summed E-state index contributed by atoms with van der Waals surface area (Å²) in [4.78, 5) is 17.5. The Morgan fingerprint density at radius 3 is 3.14 bits per heavy atom. The van der Waals surface area contributed by atoms with Crippen molar-refractivity contribution in [2.45, 2.75) is 25.8 Å². The molecular formula is C9H15N3O2. The van der Waals surface area contributed by atoms with Crippen LogP contribution in [0.3, 0.4) is 0 Å². The van der Waals surface area contributed by atoms with Gasteiger partial charge in [0.05, 0.1) is 0 Å². The second-order valence-corrected chi connectivity index (χ2v) is 3.15. The van der Waals surface area contributed by atoms with E-state index >= 15 is 0 Å². The summed E-state index contributed by atoms with van der Waals surface area (Å²) >= 11 is 0. The fourth-order valence-corrected chi connectivity index (χ4v) is 1.10. The number of nitrogens with one attached hydrogen (secondary N) is 2. The molecule has 1 atom stereocenters. The van der Waals surface area contributed by atoms with Crippen LogP contribution in [0.4, 0.5) is 0 Å². The number of carboxylic acid groups (broad SMARTS) is 1. The molecule has 1 aromatic rings. The summed E-state index contributed by atoms with van der Waals surface area (Å²) < 4.78 is 0. The second kappa shape index (κ2) is 5.39. The molecule has 78 valence electrons. The number of hydrogen-bond donors (Lipinski definition) is 3. The van der Waals surface area contributed by atoms with E-state index in [0.29, 0.717) is 6.54 Å². The van der Waals surface area contributed by atoms with E-state index in [1.54, 1.807) is 19.3 Å². The van der Waals surface area contributed by atoms with Crippen LogP contribution in [0, 0.1) is 0 Å². The number of aryl methyl sites for hydroxylation is 1. The first kappa shape index (κ1) is 10.7. The maximum absolute atomic E-state index is 10.4. The summed E-state index contributed by atoms with van der Waals surface area (Å²) in [6.45, 7) is 2.32. The van der Waals surface area contributed by atoms with Crippen LogP contribution in [-0.2, 0) is 11.2 Å². The van der Waals surface area contributed by atoms with Crippen molar-refractivity contribution in [2.24, 2.45) is 0 Å². The zero-order chi connectivity index (χ0) is 10.4. The van der Waals surface area contributed by atoms with Crippen LogP contribution in [-0.4, -0.2) is 33.6 Å². The van der Waals surface area contributed by atoms with Crippen molar-refractivity contribution in [1.29, 1.82) is 0 Å². The minimum absolute atomic E-state index is 0.480. The van der Waals surface area contributed by atoms with Crippen molar-refractivity contribution in [2.75, 3.05) is 6.54 Å². The van der Waals surface area contributed by atoms with Gasteiger partial charge in [-0.2, -0.15) is 0 Å². The van der Waals surface area contributed by atoms with Crippen molar-refractivity contribution in [3.8, 4) is 0 Å². The van der Waals surface area contributed by atoms with Gasteiger partial charge in [0.25, 0.3) is 0 Å². The number of aromatic nitrogens is 2. The fraction of sp³-hybridized carbons (Fsp3) is 0.556. The molecule has 3 N–H and O–H groups in total. The van der Waals surface area contributed by atoms with Crippen LogP contribution in [0.25, 0.3) is 0 Å². The highest BCUT2D eigenvalue weighted by Crippen LogP contribution is 1.93. The molecule has 0 saturated heterocycles. The highest BCUT2D eigenvalue weighted by molar-refractivity contribution is 5.72. The first-order chi connectivity index (χ1) is 6.70. The predicted octanol–water partition coefficient (Wildman–Crippen LogP) is 0.405. The lowest BCUT2D eigenvalue weighted by atomic mass is 10.2. The zero-order valence-electron chi connectivity index (χ0n) is 8.16. The van der Waals surface area contributed by atoms with Crippen LogP contribution in [0.1, 0.15) is 19.2 Å². The van der Waals surface area contributed by atoms with E-state index in [-0.39, 0.29) is 0 Å². The van der Waals surface area contributed by atoms with Gasteiger partial charge in [0.2, 0.25) is 0 Å². The SMILES string of the molecule is CC(NCCCc1ncc[nH]1)C(=O)O. The summed E-state index contributed by atoms with van der Waals surface area (Å²) in [7, 11) is 0. The van der Waals surface area contributed by atoms with E-state index in [1.807, 2.05) is 0 Å². The molecule has 0 spiro atoms. The molecule has 0 aromatic carbocycles. The fourth-order valence-electron chi connectivity index (χ4n) is 1.10. The lowest BCUT2D eigenvalue weighted by Gasteiger charge is -2.07. The number of carbonyl (C=O) groups is 1. The van der Waals surface area contributed by atoms with E-state index in [9.17, 15) is 4.79 Å². The smallest absolute Gasteiger partial charge is 0.320 e. The average molecular weight is 197 g/mol. The van der Waals surface area contributed by atoms with Gasteiger partial charge in [-0.3, -0.25) is 4.79 Å². The Kier molecular flexibility index (Phi) is 4.12. The zero-order valence-corrected chi connectivity index (χ0v) is 8.16. The molecule has 1 aromatic heterocycles. The monoisotopic (exact) mass is 197 g/mol. The number of hydrogen-bond acceptors (Lipinski definition) is 3. The molecule has 0 aliphatic rings. The van der Waals surface area contributed by atoms with Crippen LogP contribution < -0.4 is 5.32 Å². The van der Waals surface area contributed by atoms with Gasteiger partial charge < -0.3 is 15.4 Å². The number of nitrogens with zero attached hydrogens (tertiary/aromatic N) is 1. The van der Waals surface area contributed by atoms with Gasteiger partial charge >= 0.3 is 5.97 Å². The van der Waals surface area contributed by atoms with Crippen molar-refractivity contribution in [3.63, 3.8) is 0 Å². The molecule has 0 fully saturated rings. The Labute approximate surface area is 82.6 Å². The normalized spacial score (nSPS) is 12.6. The number of aliphatic carboxylic acids is 1. The van der Waals surface area contributed by atoms with Crippen molar-refractivity contribution in [1.82, 2.24) is 15.3 Å². The maximum atomic E-state index is 10.4. The molecule has 0 amide bonds. The summed E-state index contributed by atoms with van der Waals surface area (Å²) in [6, 6.07) is -0.480. The third kappa shape index (κ3) is 3.57. The Balaban J connectivity index is 2.08. The van der Waals surface area contributed by atoms with E-state index in [0.717, 1.165) is 18.7 Å². The molecule has 14 heavy (non-hydrogen) atoms. The molecular weight excluding hydrogens is 182 g/mol. The number of aromatic amines is 1. The lowest BCUT2D eigenvalue weighted by Crippen LogP contribution is -2.34. The van der Waals surface area contributed by atoms with Crippen LogP contribution >= 0.6 is 0 Å². The molecule has 0 bridgehead atoms. The van der Waals surface area contributed by atoms with Crippen LogP contribution in [0.5, 0.6) is 0 Å². The molecule has 1 rings (SSSR count). The maximum Gasteiger partial charge on any atom is 0.320 e. The molecule has 0 aliphatic heterocycles. The summed E-state index contributed by atoms with van der Waals surface area (Å²) in [5.41, 5.74) is 0. The van der Waals surface area contributed by atoms with Crippen molar-refractivity contribution >= 4 is 5.97 Å². The van der Waals surface area contributed by atoms with Crippen LogP contribution in [0.2, 0.25) is 0 Å². The van der Waals surface area contributed by atoms with Gasteiger partial charge in [0, 0.05) is 18.8 Å². The number of carboxylic acids is 1. The van der Waals surface area contributed by atoms with Gasteiger partial charge in [-0.05, 0) is 19.9 Å². The van der Waals surface area contributed by atoms with Gasteiger partial charge in [-0.25, -0.2) is 4.98 Å². The minimum Gasteiger partial charge on any atom is -0.480 e. The quantitative estimate of drug-likeness (QED) is 0.577. The largest absolute Gasteiger partial charge is 0.480 e.